The number of carboxylic acid groups (broad SMARTS) is 1. The van der Waals surface area contributed by atoms with E-state index in [1.165, 1.54) is 0 Å². The smallest absolute Gasteiger partial charge is 0.303 e. The van der Waals surface area contributed by atoms with Gasteiger partial charge in [0.05, 0.1) is 12.5 Å². The molecule has 1 aliphatic rings. The Bertz CT molecular complexity index is 198. The van der Waals surface area contributed by atoms with E-state index in [0.717, 1.165) is 19.3 Å². The van der Waals surface area contributed by atoms with Gasteiger partial charge >= 0.3 is 5.97 Å². The lowest BCUT2D eigenvalue weighted by Gasteiger charge is -2.41. The standard InChI is InChI=1S/C10H18O3/c1-10(2)5-3-4-8(11)7(10)6-9(12)13/h7-8,11H,3-6H2,1-2H3,(H,12,13). The van der Waals surface area contributed by atoms with Gasteiger partial charge in [-0.3, -0.25) is 4.79 Å². The third-order valence-electron chi connectivity index (χ3n) is 3.18. The van der Waals surface area contributed by atoms with Crippen molar-refractivity contribution in [1.82, 2.24) is 0 Å². The monoisotopic (exact) mass is 186 g/mol. The normalized spacial score (nSPS) is 32.8. The lowest BCUT2D eigenvalue weighted by molar-refractivity contribution is -0.142. The summed E-state index contributed by atoms with van der Waals surface area (Å²) in [5.41, 5.74) is -0.0317. The van der Waals surface area contributed by atoms with Crippen LogP contribution in [0.15, 0.2) is 0 Å². The van der Waals surface area contributed by atoms with Crippen LogP contribution in [-0.2, 0) is 4.79 Å². The van der Waals surface area contributed by atoms with Gasteiger partial charge in [0.25, 0.3) is 0 Å². The predicted octanol–water partition coefficient (Wildman–Crippen LogP) is 1.65. The maximum absolute atomic E-state index is 10.6. The second kappa shape index (κ2) is 3.66. The van der Waals surface area contributed by atoms with Crippen LogP contribution >= 0.6 is 0 Å². The van der Waals surface area contributed by atoms with Crippen molar-refractivity contribution >= 4 is 5.97 Å². The first-order valence-corrected chi connectivity index (χ1v) is 4.83. The van der Waals surface area contributed by atoms with E-state index in [9.17, 15) is 9.90 Å². The van der Waals surface area contributed by atoms with E-state index < -0.39 is 12.1 Å². The molecule has 1 rings (SSSR count). The summed E-state index contributed by atoms with van der Waals surface area (Å²) in [5.74, 6) is -0.891. The van der Waals surface area contributed by atoms with Crippen LogP contribution in [0.25, 0.3) is 0 Å². The molecule has 0 aromatic rings. The van der Waals surface area contributed by atoms with Crippen molar-refractivity contribution in [2.24, 2.45) is 11.3 Å². The highest BCUT2D eigenvalue weighted by Crippen LogP contribution is 2.42. The SMILES string of the molecule is CC1(C)CCCC(O)C1CC(=O)O. The average Bonchev–Trinajstić information content (AvgIpc) is 1.96. The van der Waals surface area contributed by atoms with Crippen LogP contribution in [0.1, 0.15) is 39.5 Å². The first-order valence-electron chi connectivity index (χ1n) is 4.83. The van der Waals surface area contributed by atoms with Crippen LogP contribution < -0.4 is 0 Å². The molecule has 0 aromatic heterocycles. The summed E-state index contributed by atoms with van der Waals surface area (Å²) in [4.78, 5) is 10.6. The second-order valence-electron chi connectivity index (χ2n) is 4.65. The fraction of sp³-hybridized carbons (Fsp3) is 0.900. The first-order chi connectivity index (χ1) is 5.93. The molecule has 3 nitrogen and oxygen atoms in total. The topological polar surface area (TPSA) is 57.5 Å². The molecule has 13 heavy (non-hydrogen) atoms. The van der Waals surface area contributed by atoms with Gasteiger partial charge in [0.2, 0.25) is 0 Å². The van der Waals surface area contributed by atoms with Gasteiger partial charge in [0, 0.05) is 5.92 Å². The Balaban J connectivity index is 2.68. The summed E-state index contributed by atoms with van der Waals surface area (Å²) in [6, 6.07) is 0. The predicted molar refractivity (Wildman–Crippen MR) is 49.4 cm³/mol. The highest BCUT2D eigenvalue weighted by molar-refractivity contribution is 5.67. The van der Waals surface area contributed by atoms with Gasteiger partial charge in [-0.2, -0.15) is 0 Å². The van der Waals surface area contributed by atoms with Crippen molar-refractivity contribution in [2.45, 2.75) is 45.6 Å². The number of hydrogen-bond acceptors (Lipinski definition) is 2. The third-order valence-corrected chi connectivity index (χ3v) is 3.18. The number of hydrogen-bond donors (Lipinski definition) is 2. The first kappa shape index (κ1) is 10.5. The Morgan fingerprint density at radius 1 is 1.54 bits per heavy atom. The Morgan fingerprint density at radius 3 is 2.62 bits per heavy atom. The van der Waals surface area contributed by atoms with Crippen LogP contribution in [0.5, 0.6) is 0 Å². The molecule has 2 N–H and O–H groups in total. The molecular weight excluding hydrogens is 168 g/mol. The summed E-state index contributed by atoms with van der Waals surface area (Å²) in [5, 5.41) is 18.4. The van der Waals surface area contributed by atoms with Crippen molar-refractivity contribution < 1.29 is 15.0 Å². The van der Waals surface area contributed by atoms with Crippen LogP contribution in [-0.4, -0.2) is 22.3 Å². The molecule has 1 saturated carbocycles. The van der Waals surface area contributed by atoms with Crippen molar-refractivity contribution in [1.29, 1.82) is 0 Å². The number of aliphatic hydroxyl groups excluding tert-OH is 1. The van der Waals surface area contributed by atoms with Gasteiger partial charge in [-0.25, -0.2) is 0 Å². The van der Waals surface area contributed by atoms with E-state index in [4.69, 9.17) is 5.11 Å². The fourth-order valence-electron chi connectivity index (χ4n) is 2.27. The number of aliphatic carboxylic acids is 1. The minimum absolute atomic E-state index is 0.0317. The summed E-state index contributed by atoms with van der Waals surface area (Å²) in [6.07, 6.45) is 2.43. The van der Waals surface area contributed by atoms with Crippen LogP contribution in [0.2, 0.25) is 0 Å². The summed E-state index contributed by atoms with van der Waals surface area (Å²) < 4.78 is 0. The molecule has 1 aliphatic carbocycles. The summed E-state index contributed by atoms with van der Waals surface area (Å²) in [6.45, 7) is 4.09. The Hall–Kier alpha value is -0.570. The van der Waals surface area contributed by atoms with Gasteiger partial charge in [-0.05, 0) is 18.3 Å². The molecule has 0 bridgehead atoms. The summed E-state index contributed by atoms with van der Waals surface area (Å²) >= 11 is 0. The minimum Gasteiger partial charge on any atom is -0.481 e. The van der Waals surface area contributed by atoms with E-state index in [0.29, 0.717) is 0 Å². The molecule has 1 fully saturated rings. The zero-order valence-corrected chi connectivity index (χ0v) is 8.29. The van der Waals surface area contributed by atoms with E-state index in [1.54, 1.807) is 0 Å². The van der Waals surface area contributed by atoms with Gasteiger partial charge in [0.15, 0.2) is 0 Å². The Labute approximate surface area is 78.8 Å². The van der Waals surface area contributed by atoms with Crippen molar-refractivity contribution in [3.05, 3.63) is 0 Å². The highest BCUT2D eigenvalue weighted by atomic mass is 16.4. The maximum atomic E-state index is 10.6. The molecule has 0 spiro atoms. The van der Waals surface area contributed by atoms with Crippen molar-refractivity contribution in [2.75, 3.05) is 0 Å². The third kappa shape index (κ3) is 2.44. The molecule has 0 amide bonds. The minimum atomic E-state index is -0.806. The molecule has 2 unspecified atom stereocenters. The Kier molecular flexibility index (Phi) is 2.96. The van der Waals surface area contributed by atoms with Crippen LogP contribution in [0, 0.1) is 11.3 Å². The maximum Gasteiger partial charge on any atom is 0.303 e. The molecule has 0 aromatic carbocycles. The van der Waals surface area contributed by atoms with E-state index in [1.807, 2.05) is 13.8 Å². The lowest BCUT2D eigenvalue weighted by atomic mass is 9.66. The second-order valence-corrected chi connectivity index (χ2v) is 4.65. The average molecular weight is 186 g/mol. The van der Waals surface area contributed by atoms with Crippen molar-refractivity contribution in [3.8, 4) is 0 Å². The molecule has 0 heterocycles. The zero-order valence-electron chi connectivity index (χ0n) is 8.29. The number of aliphatic hydroxyl groups is 1. The van der Waals surface area contributed by atoms with Crippen molar-refractivity contribution in [3.63, 3.8) is 0 Å². The van der Waals surface area contributed by atoms with Crippen LogP contribution in [0.3, 0.4) is 0 Å². The van der Waals surface area contributed by atoms with E-state index in [-0.39, 0.29) is 17.8 Å². The highest BCUT2D eigenvalue weighted by Gasteiger charge is 2.39. The number of rotatable bonds is 2. The molecule has 0 aliphatic heterocycles. The zero-order chi connectivity index (χ0) is 10.1. The number of carboxylic acids is 1. The number of carbonyl (C=O) groups is 1. The summed E-state index contributed by atoms with van der Waals surface area (Å²) in [7, 11) is 0. The lowest BCUT2D eigenvalue weighted by Crippen LogP contribution is -2.39. The molecule has 0 saturated heterocycles. The van der Waals surface area contributed by atoms with Gasteiger partial charge in [-0.1, -0.05) is 20.3 Å². The van der Waals surface area contributed by atoms with Gasteiger partial charge in [-0.15, -0.1) is 0 Å². The van der Waals surface area contributed by atoms with E-state index in [2.05, 4.69) is 0 Å². The quantitative estimate of drug-likeness (QED) is 0.689. The molecule has 3 heteroatoms. The Morgan fingerprint density at radius 2 is 2.15 bits per heavy atom. The van der Waals surface area contributed by atoms with E-state index >= 15 is 0 Å². The van der Waals surface area contributed by atoms with Crippen LogP contribution in [0.4, 0.5) is 0 Å². The molecule has 2 atom stereocenters. The van der Waals surface area contributed by atoms with Gasteiger partial charge < -0.3 is 10.2 Å². The fourth-order valence-corrected chi connectivity index (χ4v) is 2.27. The molecule has 76 valence electrons. The molecular formula is C10H18O3. The molecule has 0 radical (unpaired) electrons. The largest absolute Gasteiger partial charge is 0.481 e. The van der Waals surface area contributed by atoms with Gasteiger partial charge in [0.1, 0.15) is 0 Å².